The minimum absolute atomic E-state index is 0.374. The van der Waals surface area contributed by atoms with Gasteiger partial charge < -0.3 is 0 Å². The van der Waals surface area contributed by atoms with E-state index in [-0.39, 0.29) is 0 Å². The molecule has 0 aromatic rings. The molecule has 1 heteroatoms. The summed E-state index contributed by atoms with van der Waals surface area (Å²) >= 11 is 0.374. The third kappa shape index (κ3) is 1.67. The van der Waals surface area contributed by atoms with Crippen LogP contribution in [0.4, 0.5) is 0 Å². The van der Waals surface area contributed by atoms with Crippen LogP contribution in [0.5, 0.6) is 0 Å². The fraction of sp³-hybridized carbons (Fsp3) is 0.273. The van der Waals surface area contributed by atoms with Gasteiger partial charge in [0.05, 0.1) is 0 Å². The van der Waals surface area contributed by atoms with Crippen molar-refractivity contribution >= 4 is 0 Å². The second-order valence-electron chi connectivity index (χ2n) is 3.00. The van der Waals surface area contributed by atoms with Gasteiger partial charge in [0.2, 0.25) is 0 Å². The van der Waals surface area contributed by atoms with Gasteiger partial charge in [0.25, 0.3) is 0 Å². The van der Waals surface area contributed by atoms with Crippen LogP contribution in [-0.4, -0.2) is 0 Å². The van der Waals surface area contributed by atoms with Gasteiger partial charge in [-0.25, -0.2) is 0 Å². The summed E-state index contributed by atoms with van der Waals surface area (Å²) in [6.07, 6.45) is 13.7. The summed E-state index contributed by atoms with van der Waals surface area (Å²) in [6, 6.07) is 0. The molecule has 0 N–H and O–H groups in total. The van der Waals surface area contributed by atoms with Crippen molar-refractivity contribution in [3.63, 3.8) is 0 Å². The van der Waals surface area contributed by atoms with Crippen LogP contribution in [0.3, 0.4) is 0 Å². The van der Waals surface area contributed by atoms with Crippen molar-refractivity contribution in [2.75, 3.05) is 0 Å². The first-order chi connectivity index (χ1) is 5.86. The molecule has 0 radical (unpaired) electrons. The molecule has 0 bridgehead atoms. The van der Waals surface area contributed by atoms with E-state index in [9.17, 15) is 0 Å². The molecule has 0 aromatic carbocycles. The van der Waals surface area contributed by atoms with E-state index < -0.39 is 0 Å². The summed E-state index contributed by atoms with van der Waals surface area (Å²) in [6.45, 7) is 2.23. The molecule has 64 valence electrons. The third-order valence-electron chi connectivity index (χ3n) is 2.02. The zero-order chi connectivity index (χ0) is 8.39. The van der Waals surface area contributed by atoms with Gasteiger partial charge in [0, 0.05) is 0 Å². The van der Waals surface area contributed by atoms with Crippen LogP contribution in [0.1, 0.15) is 19.8 Å². The Hall–Kier alpha value is -0.417. The summed E-state index contributed by atoms with van der Waals surface area (Å²) in [5.41, 5.74) is 1.51. The maximum absolute atomic E-state index is 2.29. The number of allylic oxidation sites excluding steroid dienone is 8. The van der Waals surface area contributed by atoms with Crippen LogP contribution in [0.2, 0.25) is 0 Å². The summed E-state index contributed by atoms with van der Waals surface area (Å²) in [7, 11) is 0. The van der Waals surface area contributed by atoms with E-state index in [1.54, 1.807) is 8.33 Å². The van der Waals surface area contributed by atoms with Crippen LogP contribution in [0, 0.1) is 0 Å². The van der Waals surface area contributed by atoms with Crippen molar-refractivity contribution in [3.05, 3.63) is 44.3 Å². The predicted molar refractivity (Wildman–Crippen MR) is 48.3 cm³/mol. The van der Waals surface area contributed by atoms with Gasteiger partial charge in [0.1, 0.15) is 0 Å². The molecule has 0 nitrogen and oxygen atoms in total. The van der Waals surface area contributed by atoms with E-state index in [0.29, 0.717) is 17.1 Å². The van der Waals surface area contributed by atoms with Crippen LogP contribution in [0.25, 0.3) is 0 Å². The molecule has 0 aliphatic heterocycles. The van der Waals surface area contributed by atoms with Crippen LogP contribution < -0.4 is 0 Å². The Morgan fingerprint density at radius 1 is 1.25 bits per heavy atom. The predicted octanol–water partition coefficient (Wildman–Crippen LogP) is 3.15. The van der Waals surface area contributed by atoms with Gasteiger partial charge in [-0.15, -0.1) is 0 Å². The molecule has 0 unspecified atom stereocenters. The van der Waals surface area contributed by atoms with E-state index in [4.69, 9.17) is 0 Å². The van der Waals surface area contributed by atoms with Gasteiger partial charge in [-0.05, 0) is 0 Å². The molecule has 0 heterocycles. The molecule has 2 aliphatic rings. The SMILES string of the molecule is CC1=[C]([Ru][C]2=CC=CC2)CC=C1. The van der Waals surface area contributed by atoms with Crippen molar-refractivity contribution in [2.45, 2.75) is 19.8 Å². The third-order valence-corrected chi connectivity index (χ3v) is 4.78. The van der Waals surface area contributed by atoms with Crippen LogP contribution in [-0.2, 0) is 17.1 Å². The molecular formula is C11H12Ru. The zero-order valence-corrected chi connectivity index (χ0v) is 8.89. The Morgan fingerprint density at radius 3 is 2.75 bits per heavy atom. The number of rotatable bonds is 2. The normalized spacial score (nSPS) is 21.2. The van der Waals surface area contributed by atoms with Crippen molar-refractivity contribution in [1.29, 1.82) is 0 Å². The summed E-state index contributed by atoms with van der Waals surface area (Å²) < 4.78 is 3.34. The van der Waals surface area contributed by atoms with E-state index in [1.807, 2.05) is 0 Å². The zero-order valence-electron chi connectivity index (χ0n) is 7.15. The van der Waals surface area contributed by atoms with Crippen molar-refractivity contribution in [3.8, 4) is 0 Å². The second kappa shape index (κ2) is 3.53. The Morgan fingerprint density at radius 2 is 2.17 bits per heavy atom. The first-order valence-corrected chi connectivity index (χ1v) is 5.94. The van der Waals surface area contributed by atoms with Gasteiger partial charge in [0.15, 0.2) is 0 Å². The minimum atomic E-state index is 0.374. The Bertz CT molecular complexity index is 303. The molecule has 2 rings (SSSR count). The number of hydrogen-bond donors (Lipinski definition) is 0. The molecule has 0 saturated heterocycles. The van der Waals surface area contributed by atoms with Gasteiger partial charge in [-0.1, -0.05) is 0 Å². The molecule has 12 heavy (non-hydrogen) atoms. The fourth-order valence-electron chi connectivity index (χ4n) is 1.31. The molecule has 2 aliphatic carbocycles. The molecule has 0 amide bonds. The molecule has 0 fully saturated rings. The summed E-state index contributed by atoms with van der Waals surface area (Å²) in [5.74, 6) is 0. The second-order valence-corrected chi connectivity index (χ2v) is 5.60. The maximum atomic E-state index is 2.29. The fourth-order valence-corrected chi connectivity index (χ4v) is 3.55. The topological polar surface area (TPSA) is 0 Å². The average molecular weight is 245 g/mol. The van der Waals surface area contributed by atoms with E-state index in [2.05, 4.69) is 37.3 Å². The van der Waals surface area contributed by atoms with Crippen molar-refractivity contribution in [1.82, 2.24) is 0 Å². The monoisotopic (exact) mass is 246 g/mol. The number of hydrogen-bond acceptors (Lipinski definition) is 0. The van der Waals surface area contributed by atoms with E-state index in [0.717, 1.165) is 0 Å². The quantitative estimate of drug-likeness (QED) is 0.656. The molecule has 0 aromatic heterocycles. The Labute approximate surface area is 81.3 Å². The van der Waals surface area contributed by atoms with Gasteiger partial charge in [-0.3, -0.25) is 0 Å². The first kappa shape index (κ1) is 8.19. The van der Waals surface area contributed by atoms with Crippen molar-refractivity contribution in [2.24, 2.45) is 0 Å². The van der Waals surface area contributed by atoms with Gasteiger partial charge in [-0.2, -0.15) is 0 Å². The van der Waals surface area contributed by atoms with Crippen molar-refractivity contribution < 1.29 is 17.1 Å². The van der Waals surface area contributed by atoms with Gasteiger partial charge >= 0.3 is 81.2 Å². The standard InChI is InChI=1S/C6H7.C5H5.Ru/c1-6-4-2-3-5-6;1-2-4-5-3-1;/h2,4H,3H2,1H3;1-3H,4H2;. The Kier molecular flexibility index (Phi) is 2.41. The molecular weight excluding hydrogens is 233 g/mol. The molecule has 0 spiro atoms. The summed E-state index contributed by atoms with van der Waals surface area (Å²) in [4.78, 5) is 0. The molecule has 0 atom stereocenters. The summed E-state index contributed by atoms with van der Waals surface area (Å²) in [5, 5.41) is 0. The molecule has 0 saturated carbocycles. The Balaban J connectivity index is 2.01. The van der Waals surface area contributed by atoms with E-state index in [1.165, 1.54) is 18.4 Å². The van der Waals surface area contributed by atoms with Crippen LogP contribution >= 0.6 is 0 Å². The first-order valence-electron chi connectivity index (χ1n) is 4.20. The van der Waals surface area contributed by atoms with E-state index >= 15 is 0 Å². The average Bonchev–Trinajstić information content (AvgIpc) is 2.65. The van der Waals surface area contributed by atoms with Crippen LogP contribution in [0.15, 0.2) is 44.3 Å².